The Morgan fingerprint density at radius 2 is 2.12 bits per heavy atom. The summed E-state index contributed by atoms with van der Waals surface area (Å²) in [7, 11) is -2.90. The van der Waals surface area contributed by atoms with Crippen LogP contribution in [0.1, 0.15) is 12.6 Å². The minimum Gasteiger partial charge on any atom is -0.354 e. The van der Waals surface area contributed by atoms with Gasteiger partial charge in [0.2, 0.25) is 5.95 Å². The summed E-state index contributed by atoms with van der Waals surface area (Å²) in [6.07, 6.45) is 1.24. The summed E-state index contributed by atoms with van der Waals surface area (Å²) >= 11 is 1.43. The van der Waals surface area contributed by atoms with Crippen molar-refractivity contribution < 1.29 is 8.42 Å². The normalized spacial score (nSPS) is 11.5. The molecule has 17 heavy (non-hydrogen) atoms. The minimum absolute atomic E-state index is 0.164. The van der Waals surface area contributed by atoms with Gasteiger partial charge in [0, 0.05) is 24.2 Å². The minimum atomic E-state index is -2.90. The highest BCUT2D eigenvalue weighted by Crippen LogP contribution is 2.17. The van der Waals surface area contributed by atoms with E-state index in [2.05, 4.69) is 15.3 Å². The Balaban J connectivity index is 2.64. The van der Waals surface area contributed by atoms with Crippen LogP contribution >= 0.6 is 11.8 Å². The summed E-state index contributed by atoms with van der Waals surface area (Å²) in [5.74, 6) is 1.27. The fraction of sp³-hybridized carbons (Fsp3) is 0.600. The predicted octanol–water partition coefficient (Wildman–Crippen LogP) is 1.35. The molecule has 1 rings (SSSR count). The van der Waals surface area contributed by atoms with Crippen LogP contribution in [0.15, 0.2) is 11.1 Å². The van der Waals surface area contributed by atoms with Crippen molar-refractivity contribution >= 4 is 27.5 Å². The molecule has 0 saturated carbocycles. The number of nitrogens with one attached hydrogen (secondary N) is 1. The summed E-state index contributed by atoms with van der Waals surface area (Å²) in [6, 6.07) is 1.85. The molecule has 1 heterocycles. The van der Waals surface area contributed by atoms with Gasteiger partial charge in [-0.05, 0) is 19.9 Å². The molecule has 0 atom stereocenters. The van der Waals surface area contributed by atoms with E-state index >= 15 is 0 Å². The van der Waals surface area contributed by atoms with Gasteiger partial charge >= 0.3 is 0 Å². The third kappa shape index (κ3) is 5.88. The van der Waals surface area contributed by atoms with Crippen LogP contribution in [0, 0.1) is 6.92 Å². The highest BCUT2D eigenvalue weighted by atomic mass is 32.2. The van der Waals surface area contributed by atoms with Crippen molar-refractivity contribution in [1.82, 2.24) is 9.97 Å². The number of hydrogen-bond acceptors (Lipinski definition) is 6. The van der Waals surface area contributed by atoms with Crippen LogP contribution in [-0.2, 0) is 9.84 Å². The summed E-state index contributed by atoms with van der Waals surface area (Å²) in [5, 5.41) is 3.84. The molecule has 0 amide bonds. The van der Waals surface area contributed by atoms with Crippen molar-refractivity contribution in [2.45, 2.75) is 18.9 Å². The van der Waals surface area contributed by atoms with Crippen molar-refractivity contribution in [3.8, 4) is 0 Å². The first kappa shape index (κ1) is 14.2. The molecule has 0 fully saturated rings. The topological polar surface area (TPSA) is 72.0 Å². The van der Waals surface area contributed by atoms with Gasteiger partial charge in [-0.2, -0.15) is 0 Å². The van der Waals surface area contributed by atoms with E-state index in [1.807, 2.05) is 19.9 Å². The monoisotopic (exact) mass is 275 g/mol. The molecule has 0 aliphatic carbocycles. The summed E-state index contributed by atoms with van der Waals surface area (Å²) < 4.78 is 22.0. The van der Waals surface area contributed by atoms with Crippen LogP contribution < -0.4 is 5.32 Å². The highest BCUT2D eigenvalue weighted by Gasteiger charge is 2.05. The zero-order chi connectivity index (χ0) is 12.9. The van der Waals surface area contributed by atoms with E-state index in [1.54, 1.807) is 0 Å². The summed E-state index contributed by atoms with van der Waals surface area (Å²) in [5.41, 5.74) is 0.873. The van der Waals surface area contributed by atoms with Crippen molar-refractivity contribution in [3.05, 3.63) is 11.8 Å². The van der Waals surface area contributed by atoms with Crippen LogP contribution in [0.2, 0.25) is 0 Å². The quantitative estimate of drug-likeness (QED) is 0.624. The molecule has 0 radical (unpaired) electrons. The number of thioether (sulfide) groups is 1. The van der Waals surface area contributed by atoms with Gasteiger partial charge in [-0.25, -0.2) is 18.4 Å². The first-order chi connectivity index (χ1) is 7.90. The average molecular weight is 275 g/mol. The van der Waals surface area contributed by atoms with Crippen LogP contribution in [0.25, 0.3) is 0 Å². The standard InChI is InChI=1S/C10H17N3O2S2/c1-4-11-10-12-8(2)7-9(13-10)16-5-6-17(3,14)15/h7H,4-6H2,1-3H3,(H,11,12,13). The lowest BCUT2D eigenvalue weighted by Gasteiger charge is -2.05. The molecule has 1 N–H and O–H groups in total. The number of rotatable bonds is 6. The van der Waals surface area contributed by atoms with Crippen molar-refractivity contribution in [2.75, 3.05) is 29.6 Å². The predicted molar refractivity (Wildman–Crippen MR) is 71.4 cm³/mol. The molecule has 96 valence electrons. The SMILES string of the molecule is CCNc1nc(C)cc(SCCS(C)(=O)=O)n1. The van der Waals surface area contributed by atoms with Gasteiger partial charge < -0.3 is 5.32 Å². The lowest BCUT2D eigenvalue weighted by Crippen LogP contribution is -2.06. The lowest BCUT2D eigenvalue weighted by molar-refractivity contribution is 0.603. The van der Waals surface area contributed by atoms with Gasteiger partial charge in [0.15, 0.2) is 0 Å². The van der Waals surface area contributed by atoms with Gasteiger partial charge in [-0.1, -0.05) is 0 Å². The highest BCUT2D eigenvalue weighted by molar-refractivity contribution is 8.00. The number of nitrogens with zero attached hydrogens (tertiary/aromatic N) is 2. The van der Waals surface area contributed by atoms with Crippen LogP contribution in [-0.4, -0.2) is 42.7 Å². The maximum Gasteiger partial charge on any atom is 0.223 e. The summed E-state index contributed by atoms with van der Waals surface area (Å²) in [6.45, 7) is 4.63. The van der Waals surface area contributed by atoms with E-state index in [4.69, 9.17) is 0 Å². The number of anilines is 1. The van der Waals surface area contributed by atoms with E-state index in [1.165, 1.54) is 18.0 Å². The van der Waals surface area contributed by atoms with E-state index in [0.29, 0.717) is 11.7 Å². The van der Waals surface area contributed by atoms with Gasteiger partial charge in [-0.3, -0.25) is 0 Å². The molecule has 0 aliphatic heterocycles. The molecular weight excluding hydrogens is 258 g/mol. The largest absolute Gasteiger partial charge is 0.354 e. The molecule has 0 aliphatic rings. The molecule has 0 saturated heterocycles. The number of sulfone groups is 1. The van der Waals surface area contributed by atoms with E-state index < -0.39 is 9.84 Å². The Morgan fingerprint density at radius 1 is 1.41 bits per heavy atom. The van der Waals surface area contributed by atoms with Crippen LogP contribution in [0.3, 0.4) is 0 Å². The van der Waals surface area contributed by atoms with Crippen molar-refractivity contribution in [2.24, 2.45) is 0 Å². The molecule has 0 aromatic carbocycles. The first-order valence-electron chi connectivity index (χ1n) is 5.31. The van der Waals surface area contributed by atoms with E-state index in [0.717, 1.165) is 17.3 Å². The maximum atomic E-state index is 11.0. The molecule has 1 aromatic rings. The zero-order valence-electron chi connectivity index (χ0n) is 10.2. The van der Waals surface area contributed by atoms with E-state index in [9.17, 15) is 8.42 Å². The van der Waals surface area contributed by atoms with Crippen molar-refractivity contribution in [1.29, 1.82) is 0 Å². The zero-order valence-corrected chi connectivity index (χ0v) is 11.9. The molecule has 1 aromatic heterocycles. The Labute approximate surface area is 106 Å². The first-order valence-corrected chi connectivity index (χ1v) is 8.35. The molecule has 0 unspecified atom stereocenters. The Morgan fingerprint density at radius 3 is 2.71 bits per heavy atom. The Hall–Kier alpha value is -0.820. The van der Waals surface area contributed by atoms with Gasteiger partial charge in [0.1, 0.15) is 14.9 Å². The Kier molecular flexibility index (Phi) is 5.20. The fourth-order valence-corrected chi connectivity index (χ4v) is 3.31. The Bertz CT molecular complexity index is 474. The third-order valence-electron chi connectivity index (χ3n) is 1.87. The van der Waals surface area contributed by atoms with Gasteiger partial charge in [0.05, 0.1) is 5.75 Å². The van der Waals surface area contributed by atoms with Crippen molar-refractivity contribution in [3.63, 3.8) is 0 Å². The molecule has 0 spiro atoms. The van der Waals surface area contributed by atoms with E-state index in [-0.39, 0.29) is 5.75 Å². The van der Waals surface area contributed by atoms with Crippen LogP contribution in [0.4, 0.5) is 5.95 Å². The fourth-order valence-electron chi connectivity index (χ4n) is 1.15. The van der Waals surface area contributed by atoms with Gasteiger partial charge in [-0.15, -0.1) is 11.8 Å². The number of hydrogen-bond donors (Lipinski definition) is 1. The molecule has 5 nitrogen and oxygen atoms in total. The second-order valence-corrected chi connectivity index (χ2v) is 7.05. The second kappa shape index (κ2) is 6.20. The van der Waals surface area contributed by atoms with Crippen LogP contribution in [0.5, 0.6) is 0 Å². The smallest absolute Gasteiger partial charge is 0.223 e. The third-order valence-corrected chi connectivity index (χ3v) is 3.99. The molecule has 7 heteroatoms. The molecule has 0 bridgehead atoms. The molecular formula is C10H17N3O2S2. The second-order valence-electron chi connectivity index (χ2n) is 3.68. The average Bonchev–Trinajstić information content (AvgIpc) is 2.15. The summed E-state index contributed by atoms with van der Waals surface area (Å²) in [4.78, 5) is 8.52. The maximum absolute atomic E-state index is 11.0. The lowest BCUT2D eigenvalue weighted by atomic mass is 10.5. The van der Waals surface area contributed by atoms with Gasteiger partial charge in [0.25, 0.3) is 0 Å². The number of aryl methyl sites for hydroxylation is 1. The number of aromatic nitrogens is 2.